The number of carbonyl (C=O) groups is 1. The van der Waals surface area contributed by atoms with Crippen LogP contribution >= 0.6 is 0 Å². The van der Waals surface area contributed by atoms with E-state index in [0.717, 1.165) is 11.3 Å². The third-order valence-electron chi connectivity index (χ3n) is 5.24. The zero-order valence-electron chi connectivity index (χ0n) is 14.2. The van der Waals surface area contributed by atoms with Gasteiger partial charge in [0, 0.05) is 19.0 Å². The predicted octanol–water partition coefficient (Wildman–Crippen LogP) is 2.42. The minimum absolute atomic E-state index is 0.0914. The molecule has 0 aromatic rings. The van der Waals surface area contributed by atoms with Crippen molar-refractivity contribution in [3.8, 4) is 0 Å². The van der Waals surface area contributed by atoms with Crippen LogP contribution in [0.4, 0.5) is 0 Å². The van der Waals surface area contributed by atoms with Crippen molar-refractivity contribution in [2.75, 3.05) is 6.54 Å². The van der Waals surface area contributed by atoms with E-state index in [-0.39, 0.29) is 6.42 Å². The second kappa shape index (κ2) is 6.31. The van der Waals surface area contributed by atoms with Crippen molar-refractivity contribution in [2.24, 2.45) is 5.41 Å². The molecule has 0 aromatic carbocycles. The first-order valence-electron chi connectivity index (χ1n) is 7.99. The molecule has 1 unspecified atom stereocenters. The first-order chi connectivity index (χ1) is 11.0. The minimum atomic E-state index is -4.61. The molecule has 0 fully saturated rings. The molecule has 2 aliphatic rings. The Kier molecular flexibility index (Phi) is 4.91. The molecule has 0 bridgehead atoms. The minimum Gasteiger partial charge on any atom is -0.746 e. The molecular weight excluding hydrogens is 330 g/mol. The molecule has 0 spiro atoms. The molecule has 1 heterocycles. The van der Waals surface area contributed by atoms with E-state index >= 15 is 0 Å². The maximum absolute atomic E-state index is 12.1. The van der Waals surface area contributed by atoms with Gasteiger partial charge in [0.1, 0.15) is 22.3 Å². The van der Waals surface area contributed by atoms with Crippen LogP contribution in [0.25, 0.3) is 0 Å². The lowest BCUT2D eigenvalue weighted by atomic mass is 9.79. The van der Waals surface area contributed by atoms with Crippen LogP contribution in [0.1, 0.15) is 46.5 Å². The van der Waals surface area contributed by atoms with Crippen molar-refractivity contribution in [2.45, 2.75) is 51.3 Å². The molecule has 0 saturated carbocycles. The average Bonchev–Trinajstić information content (AvgIpc) is 2.65. The molecule has 0 saturated heterocycles. The van der Waals surface area contributed by atoms with Crippen LogP contribution in [0.5, 0.6) is 0 Å². The van der Waals surface area contributed by atoms with Crippen molar-refractivity contribution in [1.82, 2.24) is 4.90 Å². The number of carboxylic acids is 1. The SMILES string of the molecule is CC1(C)C2=C(C=C[C+]=C2)N(CCCCCC(=O)O)C1(C)S(=O)(=O)[O-]. The number of rotatable bonds is 7. The summed E-state index contributed by atoms with van der Waals surface area (Å²) < 4.78 is 36.4. The van der Waals surface area contributed by atoms with Crippen molar-refractivity contribution >= 4 is 16.1 Å². The molecular formula is C17H23NO5S. The fourth-order valence-corrected chi connectivity index (χ4v) is 4.67. The Hall–Kier alpha value is -1.69. The van der Waals surface area contributed by atoms with Gasteiger partial charge in [0.15, 0.2) is 10.6 Å². The Labute approximate surface area is 143 Å². The summed E-state index contributed by atoms with van der Waals surface area (Å²) in [5.41, 5.74) is 0.651. The number of hydrogen-bond donors (Lipinski definition) is 1. The molecule has 0 aromatic heterocycles. The van der Waals surface area contributed by atoms with Gasteiger partial charge >= 0.3 is 5.97 Å². The predicted molar refractivity (Wildman–Crippen MR) is 88.7 cm³/mol. The molecule has 0 amide bonds. The van der Waals surface area contributed by atoms with Crippen LogP contribution in [0.3, 0.4) is 0 Å². The highest BCUT2D eigenvalue weighted by molar-refractivity contribution is 7.87. The van der Waals surface area contributed by atoms with Gasteiger partial charge < -0.3 is 14.6 Å². The number of unbranched alkanes of at least 4 members (excludes halogenated alkanes) is 2. The Morgan fingerprint density at radius 1 is 1.29 bits per heavy atom. The van der Waals surface area contributed by atoms with Crippen molar-refractivity contribution in [3.05, 3.63) is 35.6 Å². The van der Waals surface area contributed by atoms with Crippen LogP contribution < -0.4 is 0 Å². The maximum atomic E-state index is 12.1. The molecule has 24 heavy (non-hydrogen) atoms. The van der Waals surface area contributed by atoms with Gasteiger partial charge in [0.25, 0.3) is 0 Å². The largest absolute Gasteiger partial charge is 0.746 e. The number of allylic oxidation sites excluding steroid dienone is 4. The number of hydrogen-bond acceptors (Lipinski definition) is 5. The van der Waals surface area contributed by atoms with E-state index in [1.54, 1.807) is 37.0 Å². The fraction of sp³-hybridized carbons (Fsp3) is 0.588. The Morgan fingerprint density at radius 2 is 1.96 bits per heavy atom. The van der Waals surface area contributed by atoms with E-state index in [4.69, 9.17) is 5.11 Å². The van der Waals surface area contributed by atoms with Crippen molar-refractivity contribution < 1.29 is 22.9 Å². The Balaban J connectivity index is 2.28. The highest BCUT2D eigenvalue weighted by Crippen LogP contribution is 2.54. The number of carboxylic acid groups (broad SMARTS) is 1. The summed E-state index contributed by atoms with van der Waals surface area (Å²) in [6.07, 6.45) is 10.1. The van der Waals surface area contributed by atoms with Gasteiger partial charge in [-0.3, -0.25) is 4.79 Å². The lowest BCUT2D eigenvalue weighted by Gasteiger charge is -2.45. The molecule has 1 atom stereocenters. The normalized spacial score (nSPS) is 24.9. The van der Waals surface area contributed by atoms with E-state index in [1.165, 1.54) is 6.92 Å². The van der Waals surface area contributed by atoms with Gasteiger partial charge in [0.05, 0.1) is 17.1 Å². The lowest BCUT2D eigenvalue weighted by molar-refractivity contribution is -0.137. The second-order valence-electron chi connectivity index (χ2n) is 6.86. The summed E-state index contributed by atoms with van der Waals surface area (Å²) in [6.45, 7) is 5.39. The zero-order chi connectivity index (χ0) is 18.2. The van der Waals surface area contributed by atoms with Gasteiger partial charge in [-0.1, -0.05) is 6.42 Å². The van der Waals surface area contributed by atoms with Crippen LogP contribution in [0.2, 0.25) is 0 Å². The monoisotopic (exact) mass is 353 g/mol. The molecule has 2 rings (SSSR count). The summed E-state index contributed by atoms with van der Waals surface area (Å²) in [7, 11) is -4.61. The zero-order valence-corrected chi connectivity index (χ0v) is 15.0. The summed E-state index contributed by atoms with van der Waals surface area (Å²) >= 11 is 0. The van der Waals surface area contributed by atoms with E-state index in [9.17, 15) is 17.8 Å². The summed E-state index contributed by atoms with van der Waals surface area (Å²) in [4.78, 5) is 10.6. The highest BCUT2D eigenvalue weighted by Gasteiger charge is 2.62. The van der Waals surface area contributed by atoms with Gasteiger partial charge in [-0.05, 0) is 33.6 Å². The van der Waals surface area contributed by atoms with E-state index in [2.05, 4.69) is 6.08 Å². The van der Waals surface area contributed by atoms with Crippen molar-refractivity contribution in [3.63, 3.8) is 0 Å². The number of nitrogens with zero attached hydrogens (tertiary/aromatic N) is 1. The molecule has 1 aliphatic heterocycles. The molecule has 7 heteroatoms. The fourth-order valence-electron chi connectivity index (χ4n) is 3.48. The van der Waals surface area contributed by atoms with E-state index in [0.29, 0.717) is 25.8 Å². The van der Waals surface area contributed by atoms with Crippen molar-refractivity contribution in [1.29, 1.82) is 0 Å². The topological polar surface area (TPSA) is 97.7 Å². The van der Waals surface area contributed by atoms with Crippen LogP contribution in [0, 0.1) is 11.5 Å². The smallest absolute Gasteiger partial charge is 0.303 e. The molecule has 132 valence electrons. The quantitative estimate of drug-likeness (QED) is 0.429. The van der Waals surface area contributed by atoms with E-state index < -0.39 is 26.4 Å². The Morgan fingerprint density at radius 3 is 2.54 bits per heavy atom. The lowest BCUT2D eigenvalue weighted by Crippen LogP contribution is -2.56. The molecule has 6 nitrogen and oxygen atoms in total. The average molecular weight is 353 g/mol. The van der Waals surface area contributed by atoms with Crippen LogP contribution in [-0.4, -0.2) is 40.4 Å². The highest BCUT2D eigenvalue weighted by atomic mass is 32.2. The van der Waals surface area contributed by atoms with Crippen LogP contribution in [-0.2, 0) is 14.9 Å². The van der Waals surface area contributed by atoms with Gasteiger partial charge in [-0.2, -0.15) is 0 Å². The second-order valence-corrected chi connectivity index (χ2v) is 8.56. The third-order valence-corrected chi connectivity index (χ3v) is 6.94. The molecule has 1 aliphatic carbocycles. The number of aliphatic carboxylic acids is 1. The summed E-state index contributed by atoms with van der Waals surface area (Å²) in [6, 6.07) is 0. The summed E-state index contributed by atoms with van der Waals surface area (Å²) in [5.74, 6) is -0.842. The molecule has 1 N–H and O–H groups in total. The maximum Gasteiger partial charge on any atom is 0.303 e. The first-order valence-corrected chi connectivity index (χ1v) is 9.40. The molecule has 0 radical (unpaired) electrons. The van der Waals surface area contributed by atoms with E-state index in [1.807, 2.05) is 0 Å². The first kappa shape index (κ1) is 18.6. The standard InChI is InChI=1S/C17H23NO5S/c1-16(2)13-9-6-7-10-14(13)18(17(16,3)24(21,22)23)12-8-4-5-11-15(19)20/h7,9-10H,4-5,8,11-12H2,1-3H3,(H-,19,20,21,22,23). The van der Waals surface area contributed by atoms with Gasteiger partial charge in [-0.15, -0.1) is 0 Å². The van der Waals surface area contributed by atoms with Crippen LogP contribution in [0.15, 0.2) is 29.5 Å². The third kappa shape index (κ3) is 2.88. The Bertz CT molecular complexity index is 717. The summed E-state index contributed by atoms with van der Waals surface area (Å²) in [5, 5.41) is 8.68. The van der Waals surface area contributed by atoms with Gasteiger partial charge in [0.2, 0.25) is 0 Å². The van der Waals surface area contributed by atoms with Gasteiger partial charge in [-0.25, -0.2) is 8.42 Å².